The molecule has 0 aromatic carbocycles. The highest BCUT2D eigenvalue weighted by molar-refractivity contribution is 5.51. The van der Waals surface area contributed by atoms with Crippen LogP contribution in [0.3, 0.4) is 0 Å². The summed E-state index contributed by atoms with van der Waals surface area (Å²) in [6.07, 6.45) is 2.14. The predicted octanol–water partition coefficient (Wildman–Crippen LogP) is 0.203. The van der Waals surface area contributed by atoms with Crippen LogP contribution in [0.2, 0.25) is 0 Å². The van der Waals surface area contributed by atoms with E-state index in [0.29, 0.717) is 11.6 Å². The molecule has 4 nitrogen and oxygen atoms in total. The van der Waals surface area contributed by atoms with Gasteiger partial charge >= 0.3 is 0 Å². The monoisotopic (exact) mass is 138 g/mol. The molecule has 0 aliphatic heterocycles. The van der Waals surface area contributed by atoms with Gasteiger partial charge in [0.25, 0.3) is 0 Å². The van der Waals surface area contributed by atoms with E-state index in [-0.39, 0.29) is 0 Å². The summed E-state index contributed by atoms with van der Waals surface area (Å²) in [7, 11) is 0. The third kappa shape index (κ3) is 1.00. The minimum atomic E-state index is 0.481. The molecule has 1 aromatic rings. The minimum absolute atomic E-state index is 0.481. The molecule has 0 saturated heterocycles. The quantitative estimate of drug-likeness (QED) is 0.581. The fraction of sp³-hybridized carbons (Fsp3) is 0.333. The van der Waals surface area contributed by atoms with E-state index in [0.717, 1.165) is 12.0 Å². The Hall–Kier alpha value is -1.32. The van der Waals surface area contributed by atoms with Crippen molar-refractivity contribution >= 4 is 11.6 Å². The standard InChI is InChI=1S/C6H10N4/c1-2-4-5(7)9-3-10-6(4)8/h3H,2H2,1H3,(H4,7,8,9,10). The number of nitrogen functional groups attached to an aromatic ring is 2. The van der Waals surface area contributed by atoms with Gasteiger partial charge in [-0.3, -0.25) is 0 Å². The van der Waals surface area contributed by atoms with E-state index in [1.54, 1.807) is 0 Å². The molecule has 0 aliphatic carbocycles. The Labute approximate surface area is 59.3 Å². The Morgan fingerprint density at radius 2 is 1.80 bits per heavy atom. The average molecular weight is 138 g/mol. The molecule has 0 aliphatic rings. The minimum Gasteiger partial charge on any atom is -0.383 e. The zero-order valence-electron chi connectivity index (χ0n) is 5.83. The fourth-order valence-electron chi connectivity index (χ4n) is 0.803. The van der Waals surface area contributed by atoms with Gasteiger partial charge in [0.2, 0.25) is 0 Å². The summed E-state index contributed by atoms with van der Waals surface area (Å²) >= 11 is 0. The molecule has 0 bridgehead atoms. The van der Waals surface area contributed by atoms with E-state index >= 15 is 0 Å². The zero-order chi connectivity index (χ0) is 7.56. The third-order valence-corrected chi connectivity index (χ3v) is 1.37. The van der Waals surface area contributed by atoms with E-state index in [2.05, 4.69) is 9.97 Å². The first-order valence-corrected chi connectivity index (χ1v) is 3.10. The van der Waals surface area contributed by atoms with Crippen LogP contribution in [-0.4, -0.2) is 9.97 Å². The van der Waals surface area contributed by atoms with Crippen molar-refractivity contribution in [2.24, 2.45) is 0 Å². The number of rotatable bonds is 1. The topological polar surface area (TPSA) is 77.8 Å². The second-order valence-electron chi connectivity index (χ2n) is 1.98. The maximum Gasteiger partial charge on any atom is 0.132 e. The lowest BCUT2D eigenvalue weighted by molar-refractivity contribution is 1.06. The molecule has 10 heavy (non-hydrogen) atoms. The Morgan fingerprint density at radius 3 is 2.10 bits per heavy atom. The van der Waals surface area contributed by atoms with Crippen LogP contribution in [0.4, 0.5) is 11.6 Å². The van der Waals surface area contributed by atoms with Gasteiger partial charge < -0.3 is 11.5 Å². The molecule has 0 unspecified atom stereocenters. The first-order chi connectivity index (χ1) is 4.75. The van der Waals surface area contributed by atoms with Crippen LogP contribution < -0.4 is 11.5 Å². The van der Waals surface area contributed by atoms with E-state index < -0.39 is 0 Å². The molecule has 0 radical (unpaired) electrons. The molecule has 0 atom stereocenters. The summed E-state index contributed by atoms with van der Waals surface area (Å²) < 4.78 is 0. The van der Waals surface area contributed by atoms with Gasteiger partial charge in [-0.15, -0.1) is 0 Å². The van der Waals surface area contributed by atoms with Crippen LogP contribution >= 0.6 is 0 Å². The molecule has 1 aromatic heterocycles. The number of anilines is 2. The summed E-state index contributed by atoms with van der Waals surface area (Å²) in [5.74, 6) is 0.963. The normalized spacial score (nSPS) is 9.70. The van der Waals surface area contributed by atoms with Gasteiger partial charge in [0.15, 0.2) is 0 Å². The second kappa shape index (κ2) is 2.51. The van der Waals surface area contributed by atoms with Gasteiger partial charge in [-0.1, -0.05) is 6.92 Å². The summed E-state index contributed by atoms with van der Waals surface area (Å²) in [5.41, 5.74) is 11.8. The molecule has 0 saturated carbocycles. The van der Waals surface area contributed by atoms with Crippen molar-refractivity contribution in [2.75, 3.05) is 11.5 Å². The van der Waals surface area contributed by atoms with Gasteiger partial charge in [-0.25, -0.2) is 9.97 Å². The van der Waals surface area contributed by atoms with Crippen molar-refractivity contribution in [3.63, 3.8) is 0 Å². The van der Waals surface area contributed by atoms with Crippen LogP contribution in [0.25, 0.3) is 0 Å². The Morgan fingerprint density at radius 1 is 1.30 bits per heavy atom. The highest BCUT2D eigenvalue weighted by atomic mass is 15.0. The van der Waals surface area contributed by atoms with Crippen molar-refractivity contribution in [3.8, 4) is 0 Å². The summed E-state index contributed by atoms with van der Waals surface area (Å²) in [5, 5.41) is 0. The van der Waals surface area contributed by atoms with Crippen molar-refractivity contribution in [2.45, 2.75) is 13.3 Å². The summed E-state index contributed by atoms with van der Waals surface area (Å²) in [4.78, 5) is 7.59. The Bertz CT molecular complexity index is 213. The molecule has 4 heteroatoms. The van der Waals surface area contributed by atoms with Crippen LogP contribution in [0.15, 0.2) is 6.33 Å². The number of hydrogen-bond donors (Lipinski definition) is 2. The molecule has 1 heterocycles. The maximum atomic E-state index is 5.50. The number of aromatic nitrogens is 2. The first-order valence-electron chi connectivity index (χ1n) is 3.10. The van der Waals surface area contributed by atoms with E-state index in [1.165, 1.54) is 6.33 Å². The lowest BCUT2D eigenvalue weighted by Gasteiger charge is -2.02. The third-order valence-electron chi connectivity index (χ3n) is 1.37. The van der Waals surface area contributed by atoms with Crippen molar-refractivity contribution in [1.29, 1.82) is 0 Å². The van der Waals surface area contributed by atoms with Crippen LogP contribution in [0, 0.1) is 0 Å². The fourth-order valence-corrected chi connectivity index (χ4v) is 0.803. The first kappa shape index (κ1) is 6.80. The lowest BCUT2D eigenvalue weighted by Crippen LogP contribution is -2.03. The van der Waals surface area contributed by atoms with E-state index in [9.17, 15) is 0 Å². The summed E-state index contributed by atoms with van der Waals surface area (Å²) in [6, 6.07) is 0. The number of hydrogen-bond acceptors (Lipinski definition) is 4. The molecule has 0 fully saturated rings. The second-order valence-corrected chi connectivity index (χ2v) is 1.98. The predicted molar refractivity (Wildman–Crippen MR) is 40.2 cm³/mol. The van der Waals surface area contributed by atoms with Crippen LogP contribution in [0.5, 0.6) is 0 Å². The highest BCUT2D eigenvalue weighted by Crippen LogP contribution is 2.13. The molecule has 4 N–H and O–H groups in total. The van der Waals surface area contributed by atoms with Gasteiger partial charge in [-0.2, -0.15) is 0 Å². The molecular weight excluding hydrogens is 128 g/mol. The van der Waals surface area contributed by atoms with E-state index in [1.807, 2.05) is 6.92 Å². The SMILES string of the molecule is CCc1c(N)ncnc1N. The van der Waals surface area contributed by atoms with Crippen molar-refractivity contribution < 1.29 is 0 Å². The van der Waals surface area contributed by atoms with Crippen molar-refractivity contribution in [1.82, 2.24) is 9.97 Å². The van der Waals surface area contributed by atoms with Crippen molar-refractivity contribution in [3.05, 3.63) is 11.9 Å². The Balaban J connectivity index is 3.17. The Kier molecular flexibility index (Phi) is 1.71. The molecule has 0 amide bonds. The average Bonchev–Trinajstić information content (AvgIpc) is 1.88. The number of nitrogens with zero attached hydrogens (tertiary/aromatic N) is 2. The smallest absolute Gasteiger partial charge is 0.132 e. The molecule has 54 valence electrons. The van der Waals surface area contributed by atoms with Gasteiger partial charge in [0.05, 0.1) is 0 Å². The van der Waals surface area contributed by atoms with Crippen LogP contribution in [0.1, 0.15) is 12.5 Å². The van der Waals surface area contributed by atoms with Gasteiger partial charge in [0, 0.05) is 5.56 Å². The van der Waals surface area contributed by atoms with Gasteiger partial charge in [0.1, 0.15) is 18.0 Å². The highest BCUT2D eigenvalue weighted by Gasteiger charge is 2.01. The molecule has 0 spiro atoms. The zero-order valence-corrected chi connectivity index (χ0v) is 5.83. The lowest BCUT2D eigenvalue weighted by atomic mass is 10.2. The molecule has 1 rings (SSSR count). The largest absolute Gasteiger partial charge is 0.383 e. The maximum absolute atomic E-state index is 5.50. The molecular formula is C6H10N4. The van der Waals surface area contributed by atoms with E-state index in [4.69, 9.17) is 11.5 Å². The summed E-state index contributed by atoms with van der Waals surface area (Å²) in [6.45, 7) is 1.96. The van der Waals surface area contributed by atoms with Gasteiger partial charge in [-0.05, 0) is 6.42 Å². The number of nitrogens with two attached hydrogens (primary N) is 2. The van der Waals surface area contributed by atoms with Crippen LogP contribution in [-0.2, 0) is 6.42 Å².